The van der Waals surface area contributed by atoms with E-state index in [1.807, 2.05) is 32.0 Å². The molecule has 74 valence electrons. The van der Waals surface area contributed by atoms with Gasteiger partial charge in [-0.1, -0.05) is 24.8 Å². The maximum Gasteiger partial charge on any atom is 0.0745 e. The van der Waals surface area contributed by atoms with Crippen molar-refractivity contribution in [1.82, 2.24) is 4.98 Å². The Morgan fingerprint density at radius 2 is 2.29 bits per heavy atom. The number of nitrogens with two attached hydrogens (primary N) is 1. The van der Waals surface area contributed by atoms with Gasteiger partial charge in [0.2, 0.25) is 0 Å². The number of pyridine rings is 1. The Bertz CT molecular complexity index is 330. The van der Waals surface area contributed by atoms with Crippen LogP contribution in [0.4, 0.5) is 0 Å². The number of hydrogen-bond donors (Lipinski definition) is 1. The van der Waals surface area contributed by atoms with Crippen LogP contribution in [0.1, 0.15) is 26.0 Å². The van der Waals surface area contributed by atoms with Crippen LogP contribution in [0.5, 0.6) is 0 Å². The first kappa shape index (κ1) is 10.7. The molecule has 0 aliphatic rings. The third kappa shape index (κ3) is 3.59. The summed E-state index contributed by atoms with van der Waals surface area (Å²) in [5, 5.41) is 0. The molecule has 1 atom stereocenters. The van der Waals surface area contributed by atoms with E-state index in [1.165, 1.54) is 0 Å². The molecule has 0 aliphatic heterocycles. The molecule has 2 heteroatoms. The lowest BCUT2D eigenvalue weighted by atomic mass is 10.0. The smallest absolute Gasteiger partial charge is 0.0745 e. The van der Waals surface area contributed by atoms with Crippen LogP contribution < -0.4 is 5.73 Å². The van der Waals surface area contributed by atoms with Crippen molar-refractivity contribution in [3.63, 3.8) is 0 Å². The highest BCUT2D eigenvalue weighted by molar-refractivity contribution is 5.19. The quantitative estimate of drug-likeness (QED) is 0.718. The van der Waals surface area contributed by atoms with Gasteiger partial charge in [0.05, 0.1) is 17.7 Å². The first-order chi connectivity index (χ1) is 6.64. The van der Waals surface area contributed by atoms with Crippen molar-refractivity contribution < 1.29 is 0 Å². The van der Waals surface area contributed by atoms with Gasteiger partial charge in [-0.05, 0) is 25.5 Å². The fourth-order valence-electron chi connectivity index (χ4n) is 0.928. The van der Waals surface area contributed by atoms with Crippen molar-refractivity contribution in [3.05, 3.63) is 30.1 Å². The Labute approximate surface area is 85.5 Å². The molecular weight excluding hydrogens is 172 g/mol. The predicted molar refractivity (Wildman–Crippen MR) is 58.6 cm³/mol. The van der Waals surface area contributed by atoms with Gasteiger partial charge in [0.1, 0.15) is 0 Å². The average molecular weight is 188 g/mol. The molecule has 2 N–H and O–H groups in total. The monoisotopic (exact) mass is 188 g/mol. The Balaban J connectivity index is 2.56. The van der Waals surface area contributed by atoms with Gasteiger partial charge in [-0.2, -0.15) is 0 Å². The van der Waals surface area contributed by atoms with E-state index < -0.39 is 0 Å². The molecule has 1 aromatic rings. The Morgan fingerprint density at radius 1 is 1.50 bits per heavy atom. The summed E-state index contributed by atoms with van der Waals surface area (Å²) in [6.45, 7) is 3.98. The second-order valence-electron chi connectivity index (χ2n) is 3.57. The van der Waals surface area contributed by atoms with Crippen molar-refractivity contribution in [2.45, 2.75) is 32.2 Å². The van der Waals surface area contributed by atoms with E-state index >= 15 is 0 Å². The normalized spacial score (nSPS) is 13.9. The topological polar surface area (TPSA) is 38.9 Å². The Morgan fingerprint density at radius 3 is 2.86 bits per heavy atom. The van der Waals surface area contributed by atoms with Crippen molar-refractivity contribution in [1.29, 1.82) is 0 Å². The third-order valence-corrected chi connectivity index (χ3v) is 2.10. The third-order valence-electron chi connectivity index (χ3n) is 2.10. The molecule has 1 heterocycles. The van der Waals surface area contributed by atoms with Crippen molar-refractivity contribution in [3.8, 4) is 11.8 Å². The first-order valence-corrected chi connectivity index (χ1v) is 4.83. The number of hydrogen-bond acceptors (Lipinski definition) is 2. The maximum atomic E-state index is 5.89. The van der Waals surface area contributed by atoms with E-state index in [0.29, 0.717) is 6.42 Å². The lowest BCUT2D eigenvalue weighted by Gasteiger charge is -2.13. The van der Waals surface area contributed by atoms with E-state index in [4.69, 9.17) is 5.73 Å². The van der Waals surface area contributed by atoms with E-state index in [0.717, 1.165) is 12.1 Å². The maximum absolute atomic E-state index is 5.89. The van der Waals surface area contributed by atoms with Crippen molar-refractivity contribution >= 4 is 0 Å². The van der Waals surface area contributed by atoms with Crippen LogP contribution >= 0.6 is 0 Å². The van der Waals surface area contributed by atoms with Crippen molar-refractivity contribution in [2.75, 3.05) is 0 Å². The Kier molecular flexibility index (Phi) is 3.67. The van der Waals surface area contributed by atoms with Gasteiger partial charge in [-0.15, -0.1) is 0 Å². The molecule has 1 rings (SSSR count). The molecule has 1 unspecified atom stereocenters. The van der Waals surface area contributed by atoms with Gasteiger partial charge >= 0.3 is 0 Å². The van der Waals surface area contributed by atoms with Crippen LogP contribution in [0, 0.1) is 11.8 Å². The fourth-order valence-corrected chi connectivity index (χ4v) is 0.928. The molecule has 0 aliphatic carbocycles. The number of rotatable bonds is 2. The largest absolute Gasteiger partial charge is 0.315 e. The molecule has 0 amide bonds. The summed E-state index contributed by atoms with van der Waals surface area (Å²) in [5.41, 5.74) is 6.51. The molecule has 0 saturated heterocycles. The van der Waals surface area contributed by atoms with E-state index in [1.54, 1.807) is 6.20 Å². The highest BCUT2D eigenvalue weighted by Gasteiger charge is 2.09. The molecule has 2 nitrogen and oxygen atoms in total. The Hall–Kier alpha value is -1.33. The predicted octanol–water partition coefficient (Wildman–Crippen LogP) is 1.75. The zero-order valence-electron chi connectivity index (χ0n) is 8.75. The summed E-state index contributed by atoms with van der Waals surface area (Å²) in [6, 6.07) is 5.83. The van der Waals surface area contributed by atoms with Gasteiger partial charge in [0.15, 0.2) is 0 Å². The fraction of sp³-hybridized carbons (Fsp3) is 0.417. The summed E-state index contributed by atoms with van der Waals surface area (Å²) in [4.78, 5) is 4.18. The minimum atomic E-state index is -0.366. The summed E-state index contributed by atoms with van der Waals surface area (Å²) >= 11 is 0. The standard InChI is InChI=1S/C12H16N2/c1-3-12(2,13)9-6-8-11-7-4-5-10-14-11/h4-5,7,10H,3,8,13H2,1-2H3. The van der Waals surface area contributed by atoms with E-state index in [9.17, 15) is 0 Å². The average Bonchev–Trinajstić information content (AvgIpc) is 2.19. The lowest BCUT2D eigenvalue weighted by Crippen LogP contribution is -2.33. The van der Waals surface area contributed by atoms with Crippen LogP contribution in [0.15, 0.2) is 24.4 Å². The molecule has 0 saturated carbocycles. The van der Waals surface area contributed by atoms with E-state index in [2.05, 4.69) is 16.8 Å². The molecule has 0 aromatic carbocycles. The van der Waals surface area contributed by atoms with Crippen LogP contribution in [-0.2, 0) is 6.42 Å². The summed E-state index contributed by atoms with van der Waals surface area (Å²) in [6.07, 6.45) is 3.31. The number of nitrogens with zero attached hydrogens (tertiary/aromatic N) is 1. The molecule has 0 spiro atoms. The molecule has 0 bridgehead atoms. The van der Waals surface area contributed by atoms with Crippen LogP contribution in [0.25, 0.3) is 0 Å². The zero-order valence-corrected chi connectivity index (χ0v) is 8.75. The molecule has 0 radical (unpaired) electrons. The van der Waals surface area contributed by atoms with Crippen LogP contribution in [-0.4, -0.2) is 10.5 Å². The van der Waals surface area contributed by atoms with Gasteiger partial charge in [-0.25, -0.2) is 0 Å². The van der Waals surface area contributed by atoms with Crippen LogP contribution in [0.3, 0.4) is 0 Å². The highest BCUT2D eigenvalue weighted by Crippen LogP contribution is 2.02. The summed E-state index contributed by atoms with van der Waals surface area (Å²) in [5.74, 6) is 6.10. The SMILES string of the molecule is CCC(C)(N)C#CCc1ccccn1. The van der Waals surface area contributed by atoms with Crippen molar-refractivity contribution in [2.24, 2.45) is 5.73 Å². The van der Waals surface area contributed by atoms with Gasteiger partial charge in [-0.3, -0.25) is 4.98 Å². The van der Waals surface area contributed by atoms with Gasteiger partial charge < -0.3 is 5.73 Å². The minimum absolute atomic E-state index is 0.366. The van der Waals surface area contributed by atoms with Gasteiger partial charge in [0, 0.05) is 6.20 Å². The summed E-state index contributed by atoms with van der Waals surface area (Å²) < 4.78 is 0. The molecule has 14 heavy (non-hydrogen) atoms. The zero-order chi connectivity index (χ0) is 10.4. The lowest BCUT2D eigenvalue weighted by molar-refractivity contribution is 0.585. The number of aromatic nitrogens is 1. The first-order valence-electron chi connectivity index (χ1n) is 4.83. The second-order valence-corrected chi connectivity index (χ2v) is 3.57. The molecule has 0 fully saturated rings. The summed E-state index contributed by atoms with van der Waals surface area (Å²) in [7, 11) is 0. The highest BCUT2D eigenvalue weighted by atomic mass is 14.7. The van der Waals surface area contributed by atoms with E-state index in [-0.39, 0.29) is 5.54 Å². The minimum Gasteiger partial charge on any atom is -0.315 e. The molecular formula is C12H16N2. The van der Waals surface area contributed by atoms with Gasteiger partial charge in [0.25, 0.3) is 0 Å². The van der Waals surface area contributed by atoms with Crippen LogP contribution in [0.2, 0.25) is 0 Å². The molecule has 1 aromatic heterocycles. The second kappa shape index (κ2) is 4.78.